The molecule has 0 fully saturated rings. The summed E-state index contributed by atoms with van der Waals surface area (Å²) in [6.45, 7) is 6.97. The zero-order chi connectivity index (χ0) is 19.4. The minimum absolute atomic E-state index is 0.0108. The predicted octanol–water partition coefficient (Wildman–Crippen LogP) is 2.77. The number of nitrogens with zero attached hydrogens (tertiary/aromatic N) is 2. The van der Waals surface area contributed by atoms with Gasteiger partial charge < -0.3 is 10.1 Å². The van der Waals surface area contributed by atoms with Crippen molar-refractivity contribution in [2.75, 3.05) is 20.3 Å². The topological polar surface area (TPSA) is 73.2 Å². The molecule has 2 aromatic heterocycles. The molecule has 2 heterocycles. The molecule has 1 N–H and O–H groups in total. The number of methoxy groups -OCH3 is 1. The van der Waals surface area contributed by atoms with Gasteiger partial charge in [0.1, 0.15) is 4.83 Å². The normalized spacial score (nSPS) is 14.3. The summed E-state index contributed by atoms with van der Waals surface area (Å²) >= 11 is 2.95. The van der Waals surface area contributed by atoms with Crippen molar-refractivity contribution in [3.8, 4) is 0 Å². The van der Waals surface area contributed by atoms with Crippen LogP contribution in [0.25, 0.3) is 10.2 Å². The molecule has 0 aromatic carbocycles. The van der Waals surface area contributed by atoms with Crippen molar-refractivity contribution < 1.29 is 9.53 Å². The summed E-state index contributed by atoms with van der Waals surface area (Å²) < 4.78 is 6.86. The minimum Gasteiger partial charge on any atom is -0.385 e. The lowest BCUT2D eigenvalue weighted by molar-refractivity contribution is -0.120. The molecule has 1 amide bonds. The molecule has 3 rings (SSSR count). The van der Waals surface area contributed by atoms with Crippen molar-refractivity contribution in [1.29, 1.82) is 0 Å². The van der Waals surface area contributed by atoms with Crippen LogP contribution in [0.15, 0.2) is 22.6 Å². The van der Waals surface area contributed by atoms with E-state index in [-0.39, 0.29) is 16.7 Å². The average Bonchev–Trinajstić information content (AvgIpc) is 3.22. The molecule has 0 bridgehead atoms. The maximum atomic E-state index is 13.2. The summed E-state index contributed by atoms with van der Waals surface area (Å²) in [7, 11) is 1.65. The van der Waals surface area contributed by atoms with Gasteiger partial charge in [-0.2, -0.15) is 0 Å². The lowest BCUT2D eigenvalue weighted by atomic mass is 10.2. The Kier molecular flexibility index (Phi) is 6.73. The van der Waals surface area contributed by atoms with Gasteiger partial charge in [0.25, 0.3) is 5.56 Å². The standard InChI is InChI=1S/C19H25N3O3S2/c1-4-9-20-16(23)12(2)26-19-21-17-15(13-7-5-8-14(13)27-17)18(24)22(19)10-6-11-25-3/h4,12H,1,5-11H2,2-3H3,(H,20,23)/t12-/m1/s1. The molecule has 27 heavy (non-hydrogen) atoms. The summed E-state index contributed by atoms with van der Waals surface area (Å²) in [6, 6.07) is 0. The Morgan fingerprint density at radius 2 is 2.33 bits per heavy atom. The number of nitrogens with one attached hydrogen (secondary N) is 1. The smallest absolute Gasteiger partial charge is 0.263 e. The molecule has 6 nitrogen and oxygen atoms in total. The van der Waals surface area contributed by atoms with Crippen LogP contribution < -0.4 is 10.9 Å². The van der Waals surface area contributed by atoms with Crippen LogP contribution in [0, 0.1) is 0 Å². The van der Waals surface area contributed by atoms with Crippen LogP contribution in [0.2, 0.25) is 0 Å². The van der Waals surface area contributed by atoms with E-state index in [2.05, 4.69) is 11.9 Å². The number of carbonyl (C=O) groups is 1. The van der Waals surface area contributed by atoms with Gasteiger partial charge in [0.05, 0.1) is 10.6 Å². The molecule has 0 unspecified atom stereocenters. The number of hydrogen-bond acceptors (Lipinski definition) is 6. The third-order valence-corrected chi connectivity index (χ3v) is 6.87. The second-order valence-electron chi connectivity index (χ2n) is 6.53. The fourth-order valence-electron chi connectivity index (χ4n) is 3.24. The summed E-state index contributed by atoms with van der Waals surface area (Å²) in [5.74, 6) is -0.0913. The zero-order valence-corrected chi connectivity index (χ0v) is 17.4. The van der Waals surface area contributed by atoms with E-state index in [1.54, 1.807) is 29.1 Å². The van der Waals surface area contributed by atoms with Crippen molar-refractivity contribution in [3.05, 3.63) is 33.4 Å². The first-order chi connectivity index (χ1) is 13.1. The highest BCUT2D eigenvalue weighted by Crippen LogP contribution is 2.36. The molecule has 2 aromatic rings. The van der Waals surface area contributed by atoms with Crippen molar-refractivity contribution >= 4 is 39.2 Å². The van der Waals surface area contributed by atoms with Gasteiger partial charge in [-0.1, -0.05) is 17.8 Å². The van der Waals surface area contributed by atoms with Crippen LogP contribution in [-0.2, 0) is 28.9 Å². The number of fused-ring (bicyclic) bond motifs is 3. The lowest BCUT2D eigenvalue weighted by Gasteiger charge is -2.15. The van der Waals surface area contributed by atoms with E-state index < -0.39 is 0 Å². The van der Waals surface area contributed by atoms with E-state index in [0.29, 0.717) is 24.9 Å². The van der Waals surface area contributed by atoms with Crippen LogP contribution in [-0.4, -0.2) is 41.0 Å². The van der Waals surface area contributed by atoms with Gasteiger partial charge in [-0.05, 0) is 38.2 Å². The molecule has 146 valence electrons. The Morgan fingerprint density at radius 1 is 1.52 bits per heavy atom. The highest BCUT2D eigenvalue weighted by atomic mass is 32.2. The van der Waals surface area contributed by atoms with E-state index >= 15 is 0 Å². The molecular formula is C19H25N3O3S2. The summed E-state index contributed by atoms with van der Waals surface area (Å²) in [6.07, 6.45) is 5.46. The van der Waals surface area contributed by atoms with Crippen molar-refractivity contribution in [3.63, 3.8) is 0 Å². The Morgan fingerprint density at radius 3 is 3.07 bits per heavy atom. The summed E-state index contributed by atoms with van der Waals surface area (Å²) in [5.41, 5.74) is 1.19. The number of amides is 1. The van der Waals surface area contributed by atoms with Crippen LogP contribution in [0.1, 0.15) is 30.2 Å². The number of rotatable bonds is 9. The van der Waals surface area contributed by atoms with E-state index in [9.17, 15) is 9.59 Å². The number of aromatic nitrogens is 2. The van der Waals surface area contributed by atoms with Crippen LogP contribution in [0.5, 0.6) is 0 Å². The molecule has 0 radical (unpaired) electrons. The molecule has 1 aliphatic rings. The van der Waals surface area contributed by atoms with Gasteiger partial charge in [-0.15, -0.1) is 17.9 Å². The minimum atomic E-state index is -0.352. The number of ether oxygens (including phenoxy) is 1. The molecule has 1 atom stereocenters. The van der Waals surface area contributed by atoms with E-state index in [1.807, 2.05) is 6.92 Å². The number of hydrogen-bond donors (Lipinski definition) is 1. The Labute approximate surface area is 167 Å². The first-order valence-electron chi connectivity index (χ1n) is 9.16. The fourth-order valence-corrected chi connectivity index (χ4v) is 5.50. The highest BCUT2D eigenvalue weighted by Gasteiger charge is 2.25. The van der Waals surface area contributed by atoms with Gasteiger partial charge in [0, 0.05) is 31.7 Å². The third kappa shape index (κ3) is 4.28. The second-order valence-corrected chi connectivity index (χ2v) is 8.92. The first-order valence-corrected chi connectivity index (χ1v) is 10.9. The van der Waals surface area contributed by atoms with Crippen LogP contribution in [0.3, 0.4) is 0 Å². The van der Waals surface area contributed by atoms with E-state index in [4.69, 9.17) is 9.72 Å². The predicted molar refractivity (Wildman–Crippen MR) is 111 cm³/mol. The van der Waals surface area contributed by atoms with Gasteiger partial charge in [0.15, 0.2) is 5.16 Å². The molecule has 1 aliphatic carbocycles. The average molecular weight is 408 g/mol. The van der Waals surface area contributed by atoms with Gasteiger partial charge in [-0.25, -0.2) is 4.98 Å². The van der Waals surface area contributed by atoms with Crippen molar-refractivity contribution in [2.24, 2.45) is 0 Å². The number of thioether (sulfide) groups is 1. The van der Waals surface area contributed by atoms with E-state index in [0.717, 1.165) is 35.9 Å². The summed E-state index contributed by atoms with van der Waals surface area (Å²) in [5, 5.41) is 3.82. The highest BCUT2D eigenvalue weighted by molar-refractivity contribution is 8.00. The maximum absolute atomic E-state index is 13.2. The van der Waals surface area contributed by atoms with Crippen molar-refractivity contribution in [2.45, 2.75) is 49.6 Å². The second kappa shape index (κ2) is 9.03. The molecule has 0 aliphatic heterocycles. The number of aryl methyl sites for hydroxylation is 2. The quantitative estimate of drug-likeness (QED) is 0.299. The third-order valence-electron chi connectivity index (χ3n) is 4.59. The lowest BCUT2D eigenvalue weighted by Crippen LogP contribution is -2.32. The maximum Gasteiger partial charge on any atom is 0.263 e. The van der Waals surface area contributed by atoms with E-state index in [1.165, 1.54) is 22.2 Å². The number of carbonyl (C=O) groups excluding carboxylic acids is 1. The first kappa shape index (κ1) is 20.1. The monoisotopic (exact) mass is 407 g/mol. The van der Waals surface area contributed by atoms with Gasteiger partial charge in [0.2, 0.25) is 5.91 Å². The van der Waals surface area contributed by atoms with Crippen LogP contribution in [0.4, 0.5) is 0 Å². The van der Waals surface area contributed by atoms with Gasteiger partial charge >= 0.3 is 0 Å². The summed E-state index contributed by atoms with van der Waals surface area (Å²) in [4.78, 5) is 32.4. The SMILES string of the molecule is C=CCNC(=O)[C@@H](C)Sc1nc2sc3c(c2c(=O)n1CCCOC)CCC3. The molecular weight excluding hydrogens is 382 g/mol. The molecule has 0 saturated carbocycles. The molecule has 8 heteroatoms. The molecule has 0 saturated heterocycles. The Bertz CT molecular complexity index is 904. The van der Waals surface area contributed by atoms with Gasteiger partial charge in [-0.3, -0.25) is 14.2 Å². The zero-order valence-electron chi connectivity index (χ0n) is 15.7. The van der Waals surface area contributed by atoms with Crippen molar-refractivity contribution in [1.82, 2.24) is 14.9 Å². The Hall–Kier alpha value is -1.64. The largest absolute Gasteiger partial charge is 0.385 e. The van der Waals surface area contributed by atoms with Crippen LogP contribution >= 0.6 is 23.1 Å². The molecule has 0 spiro atoms. The Balaban J connectivity index is 1.96. The number of thiophene rings is 1. The fraction of sp³-hybridized carbons (Fsp3) is 0.526.